The zero-order valence-electron chi connectivity index (χ0n) is 30.6. The molecule has 0 saturated carbocycles. The summed E-state index contributed by atoms with van der Waals surface area (Å²) in [6.07, 6.45) is 0. The molecular formula is C48H37N6+. The summed E-state index contributed by atoms with van der Waals surface area (Å²) >= 11 is 0. The molecule has 10 aromatic rings. The Morgan fingerprint density at radius 1 is 0.556 bits per heavy atom. The van der Waals surface area contributed by atoms with Crippen molar-refractivity contribution in [3.63, 3.8) is 0 Å². The van der Waals surface area contributed by atoms with E-state index in [2.05, 4.69) is 167 Å². The van der Waals surface area contributed by atoms with Crippen LogP contribution in [0, 0.1) is 18.3 Å². The summed E-state index contributed by atoms with van der Waals surface area (Å²) in [5.74, 6) is 1.10. The van der Waals surface area contributed by atoms with E-state index in [4.69, 9.17) is 4.98 Å². The number of imidazole rings is 1. The van der Waals surface area contributed by atoms with E-state index in [9.17, 15) is 5.26 Å². The van der Waals surface area contributed by atoms with Gasteiger partial charge in [-0.1, -0.05) is 106 Å². The van der Waals surface area contributed by atoms with Gasteiger partial charge in [0.15, 0.2) is 11.0 Å². The van der Waals surface area contributed by atoms with Gasteiger partial charge in [-0.25, -0.2) is 4.98 Å². The number of rotatable bonds is 4. The van der Waals surface area contributed by atoms with Crippen LogP contribution in [0.15, 0.2) is 152 Å². The van der Waals surface area contributed by atoms with Crippen molar-refractivity contribution in [2.45, 2.75) is 33.1 Å². The van der Waals surface area contributed by atoms with Crippen LogP contribution in [0.4, 0.5) is 0 Å². The van der Waals surface area contributed by atoms with Gasteiger partial charge in [-0.2, -0.15) is 14.4 Å². The summed E-state index contributed by atoms with van der Waals surface area (Å²) in [6.45, 7) is 8.93. The average molecular weight is 698 g/mol. The number of benzene rings is 6. The number of aromatic nitrogens is 5. The predicted octanol–water partition coefficient (Wildman–Crippen LogP) is 11.0. The van der Waals surface area contributed by atoms with Crippen LogP contribution in [0.25, 0.3) is 77.7 Å². The molecule has 4 heterocycles. The lowest BCUT2D eigenvalue weighted by molar-refractivity contribution is -0.575. The molecule has 0 amide bonds. The van der Waals surface area contributed by atoms with Crippen LogP contribution in [0.2, 0.25) is 0 Å². The molecule has 0 aliphatic rings. The molecule has 6 nitrogen and oxygen atoms in total. The van der Waals surface area contributed by atoms with Crippen LogP contribution in [0.1, 0.15) is 37.7 Å². The molecule has 0 fully saturated rings. The van der Waals surface area contributed by atoms with Crippen LogP contribution in [0.3, 0.4) is 0 Å². The number of hydrogen-bond acceptors (Lipinski definition) is 2. The first-order chi connectivity index (χ1) is 26.3. The molecule has 0 aliphatic heterocycles. The van der Waals surface area contributed by atoms with Crippen molar-refractivity contribution in [3.05, 3.63) is 169 Å². The van der Waals surface area contributed by atoms with Crippen molar-refractivity contribution in [1.29, 1.82) is 5.26 Å². The van der Waals surface area contributed by atoms with Crippen molar-refractivity contribution < 1.29 is 4.57 Å². The standard InChI is InChI=1S/C48H37N6/c1-31-51(34-27-25-32(26-28-34)48(2,3)4)42-23-12-13-24-43(42)52(31)35-17-14-18-36(29-35)54-41-22-11-9-20-38(41)45-39(30-49)44-37-19-8-10-21-40(37)53(46(44)50-47(45)54)33-15-6-5-7-16-33/h5-29H,1-4H3/q+1. The maximum atomic E-state index is 11.0. The van der Waals surface area contributed by atoms with E-state index in [1.807, 2.05) is 36.4 Å². The van der Waals surface area contributed by atoms with Gasteiger partial charge in [0.25, 0.3) is 5.82 Å². The van der Waals surface area contributed by atoms with Gasteiger partial charge >= 0.3 is 0 Å². The summed E-state index contributed by atoms with van der Waals surface area (Å²) < 4.78 is 9.09. The third-order valence-electron chi connectivity index (χ3n) is 10.9. The number of nitrogens with zero attached hydrogens (tertiary/aromatic N) is 6. The van der Waals surface area contributed by atoms with Crippen molar-refractivity contribution in [1.82, 2.24) is 18.7 Å². The summed E-state index contributed by atoms with van der Waals surface area (Å²) in [5, 5.41) is 14.7. The van der Waals surface area contributed by atoms with E-state index in [1.54, 1.807) is 0 Å². The minimum Gasteiger partial charge on any atom is -0.294 e. The first kappa shape index (κ1) is 31.7. The summed E-state index contributed by atoms with van der Waals surface area (Å²) in [4.78, 5) is 5.52. The molecule has 0 atom stereocenters. The third-order valence-corrected chi connectivity index (χ3v) is 10.9. The summed E-state index contributed by atoms with van der Waals surface area (Å²) in [5.41, 5.74) is 11.9. The number of pyridine rings is 1. The van der Waals surface area contributed by atoms with Gasteiger partial charge in [-0.15, -0.1) is 0 Å². The lowest BCUT2D eigenvalue weighted by Crippen LogP contribution is -2.33. The first-order valence-corrected chi connectivity index (χ1v) is 18.4. The van der Waals surface area contributed by atoms with Gasteiger partial charge in [0.1, 0.15) is 28.7 Å². The Morgan fingerprint density at radius 3 is 1.69 bits per heavy atom. The van der Waals surface area contributed by atoms with E-state index < -0.39 is 0 Å². The second kappa shape index (κ2) is 11.8. The monoisotopic (exact) mass is 697 g/mol. The van der Waals surface area contributed by atoms with Gasteiger partial charge < -0.3 is 0 Å². The maximum absolute atomic E-state index is 11.0. The van der Waals surface area contributed by atoms with Crippen LogP contribution >= 0.6 is 0 Å². The molecule has 0 aliphatic carbocycles. The van der Waals surface area contributed by atoms with Gasteiger partial charge in [0.2, 0.25) is 0 Å². The summed E-state index contributed by atoms with van der Waals surface area (Å²) in [6, 6.07) is 55.8. The smallest absolute Gasteiger partial charge is 0.264 e. The largest absolute Gasteiger partial charge is 0.294 e. The molecule has 0 N–H and O–H groups in total. The molecule has 10 rings (SSSR count). The minimum atomic E-state index is 0.0756. The van der Waals surface area contributed by atoms with E-state index in [-0.39, 0.29) is 5.41 Å². The highest BCUT2D eigenvalue weighted by Gasteiger charge is 2.27. The van der Waals surface area contributed by atoms with Gasteiger partial charge in [0.05, 0.1) is 22.3 Å². The van der Waals surface area contributed by atoms with Crippen molar-refractivity contribution in [2.24, 2.45) is 0 Å². The molecule has 0 spiro atoms. The number of nitriles is 1. The van der Waals surface area contributed by atoms with Crippen molar-refractivity contribution in [2.75, 3.05) is 0 Å². The van der Waals surface area contributed by atoms with Gasteiger partial charge in [-0.05, 0) is 71.6 Å². The Balaban J connectivity index is 1.25. The lowest BCUT2D eigenvalue weighted by Gasteiger charge is -2.18. The fraction of sp³-hybridized carbons (Fsp3) is 0.104. The molecule has 0 unspecified atom stereocenters. The van der Waals surface area contributed by atoms with Crippen LogP contribution in [0.5, 0.6) is 0 Å². The first-order valence-electron chi connectivity index (χ1n) is 18.4. The molecule has 0 saturated heterocycles. The van der Waals surface area contributed by atoms with Crippen LogP contribution < -0.4 is 4.57 Å². The van der Waals surface area contributed by atoms with Crippen molar-refractivity contribution in [3.8, 4) is 28.8 Å². The van der Waals surface area contributed by atoms with E-state index in [0.29, 0.717) is 5.56 Å². The van der Waals surface area contributed by atoms with Crippen LogP contribution in [-0.2, 0) is 5.41 Å². The Kier molecular flexibility index (Phi) is 6.92. The van der Waals surface area contributed by atoms with Gasteiger partial charge in [-0.3, -0.25) is 9.13 Å². The molecule has 6 heteroatoms. The van der Waals surface area contributed by atoms with E-state index in [1.165, 1.54) is 5.56 Å². The topological polar surface area (TPSA) is 55.4 Å². The highest BCUT2D eigenvalue weighted by atomic mass is 15.2. The third kappa shape index (κ3) is 4.58. The fourth-order valence-corrected chi connectivity index (χ4v) is 8.42. The predicted molar refractivity (Wildman–Crippen MR) is 219 cm³/mol. The Hall–Kier alpha value is -6.97. The highest BCUT2D eigenvalue weighted by molar-refractivity contribution is 6.20. The number of hydrogen-bond donors (Lipinski definition) is 0. The normalized spacial score (nSPS) is 12.1. The Labute approximate surface area is 313 Å². The van der Waals surface area contributed by atoms with E-state index >= 15 is 0 Å². The lowest BCUT2D eigenvalue weighted by atomic mass is 9.87. The zero-order chi connectivity index (χ0) is 36.7. The molecule has 258 valence electrons. The average Bonchev–Trinajstić information content (AvgIpc) is 3.82. The Morgan fingerprint density at radius 2 is 1.07 bits per heavy atom. The zero-order valence-corrected chi connectivity index (χ0v) is 30.6. The molecule has 0 radical (unpaired) electrons. The quantitative estimate of drug-likeness (QED) is 0.172. The Bertz CT molecular complexity index is 3140. The molecular weight excluding hydrogens is 661 g/mol. The number of para-hydroxylation sites is 5. The number of fused-ring (bicyclic) bond motifs is 7. The van der Waals surface area contributed by atoms with Crippen LogP contribution in [-0.4, -0.2) is 18.7 Å². The summed E-state index contributed by atoms with van der Waals surface area (Å²) in [7, 11) is 0. The second-order valence-electron chi connectivity index (χ2n) is 15.1. The SMILES string of the molecule is Cc1n(-c2cccc(-n3c4ccccc4c4c(C#N)c5c6ccccc6n(-c6ccccc6)c5nc43)c2)c2ccccc2[n+]1-c1ccc(C(C)(C)C)cc1. The molecule has 54 heavy (non-hydrogen) atoms. The van der Waals surface area contributed by atoms with E-state index in [0.717, 1.165) is 83.5 Å². The minimum absolute atomic E-state index is 0.0756. The fourth-order valence-electron chi connectivity index (χ4n) is 8.42. The molecule has 0 bridgehead atoms. The highest BCUT2D eigenvalue weighted by Crippen LogP contribution is 2.41. The maximum Gasteiger partial charge on any atom is 0.264 e. The molecule has 6 aromatic carbocycles. The molecule has 4 aromatic heterocycles. The second-order valence-corrected chi connectivity index (χ2v) is 15.1. The van der Waals surface area contributed by atoms with Gasteiger partial charge in [0, 0.05) is 40.2 Å². The van der Waals surface area contributed by atoms with Crippen molar-refractivity contribution >= 4 is 54.9 Å².